The number of ether oxygens (including phenoxy) is 6. The molecular weight excluding hydrogens is 964 g/mol. The van der Waals surface area contributed by atoms with Crippen LogP contribution in [0.4, 0.5) is 34.1 Å². The fourth-order valence-electron chi connectivity index (χ4n) is 8.40. The molecule has 0 unspecified atom stereocenters. The molecule has 0 heterocycles. The van der Waals surface area contributed by atoms with Gasteiger partial charge in [0.15, 0.2) is 34.5 Å². The summed E-state index contributed by atoms with van der Waals surface area (Å²) in [5.41, 5.74) is 12.1. The molecule has 7 rings (SSSR count). The topological polar surface area (TPSA) is 220 Å². The van der Waals surface area contributed by atoms with Crippen LogP contribution in [-0.4, -0.2) is 70.1 Å². The summed E-state index contributed by atoms with van der Waals surface area (Å²) in [6.07, 6.45) is 2.19. The predicted octanol–water partition coefficient (Wildman–Crippen LogP) is 8.38. The van der Waals surface area contributed by atoms with Gasteiger partial charge in [0.2, 0.25) is 22.7 Å². The van der Waals surface area contributed by atoms with Crippen molar-refractivity contribution in [3.05, 3.63) is 122 Å². The second kappa shape index (κ2) is 27.0. The molecule has 71 heavy (non-hydrogen) atoms. The highest BCUT2D eigenvalue weighted by atomic mass is 32.2. The van der Waals surface area contributed by atoms with Gasteiger partial charge >= 0.3 is 0 Å². The van der Waals surface area contributed by atoms with E-state index < -0.39 is 16.1 Å². The van der Waals surface area contributed by atoms with Crippen molar-refractivity contribution in [2.24, 2.45) is 0 Å². The Morgan fingerprint density at radius 1 is 0.577 bits per heavy atom. The van der Waals surface area contributed by atoms with Crippen LogP contribution in [0.1, 0.15) is 61.0 Å². The number of halogens is 5. The van der Waals surface area contributed by atoms with Crippen LogP contribution in [0.2, 0.25) is 0 Å². The van der Waals surface area contributed by atoms with Gasteiger partial charge in [-0.3, -0.25) is 28.3 Å². The van der Waals surface area contributed by atoms with Gasteiger partial charge in [-0.05, 0) is 108 Å². The summed E-state index contributed by atoms with van der Waals surface area (Å²) in [5.74, 6) is 1.38. The van der Waals surface area contributed by atoms with E-state index in [1.165, 1.54) is 73.7 Å². The normalized spacial score (nSPS) is 13.7. The highest BCUT2D eigenvalue weighted by Gasteiger charge is 2.32. The Balaban J connectivity index is 0.000000350. The number of anilines is 2. The standard InChI is InChI=1S/C27H28N2O7S.C21H24N2O5.CH3F.2F2/c1-16(30)28-21-12-10-17-14-22(29-37(32,33)18-8-6-5-7-9-18)26(35-3)27(36-4)25(17)19-11-13-24(34-2)23(31)15-20(19)21;1-11(24)23-16-7-5-12-9-15(22)20(27-3)21(28-4)19(12)13-6-8-18(26-2)17(25)10-14(13)16;3*1-2/h5-9,11,13-15,21,29H,10,12H2,1-4H3,(H,28,30);6,8-10,16H,5,7,22H2,1-4H3,(H,23,24);1H3;;/t21-;16-;;;/m00.../s1. The van der Waals surface area contributed by atoms with Crippen LogP contribution in [0.25, 0.3) is 22.3 Å². The molecule has 2 aliphatic rings. The minimum Gasteiger partial charge on any atom is -0.493 e. The quantitative estimate of drug-likeness (QED) is 0.0723. The number of aryl methyl sites for hydroxylation is 2. The first-order valence-corrected chi connectivity index (χ1v) is 22.6. The van der Waals surface area contributed by atoms with Crippen molar-refractivity contribution in [3.8, 4) is 56.8 Å². The van der Waals surface area contributed by atoms with Crippen LogP contribution in [0.5, 0.6) is 34.5 Å². The summed E-state index contributed by atoms with van der Waals surface area (Å²) in [6.45, 7) is 2.88. The second-order valence-electron chi connectivity index (χ2n) is 15.2. The third-order valence-electron chi connectivity index (χ3n) is 11.2. The molecule has 0 aliphatic heterocycles. The summed E-state index contributed by atoms with van der Waals surface area (Å²) in [7, 11) is 5.41. The summed E-state index contributed by atoms with van der Waals surface area (Å²) in [5, 5.41) is 5.88. The molecule has 5 N–H and O–H groups in total. The largest absolute Gasteiger partial charge is 0.493 e. The van der Waals surface area contributed by atoms with Crippen LogP contribution < -0.4 is 60.4 Å². The van der Waals surface area contributed by atoms with Crippen LogP contribution in [0, 0.1) is 0 Å². The van der Waals surface area contributed by atoms with E-state index in [9.17, 15) is 32.0 Å². The van der Waals surface area contributed by atoms with Crippen LogP contribution in [0.15, 0.2) is 93.3 Å². The van der Waals surface area contributed by atoms with Gasteiger partial charge < -0.3 is 44.8 Å². The molecule has 0 aromatic heterocycles. The molecule has 22 heteroatoms. The molecule has 5 aromatic rings. The van der Waals surface area contributed by atoms with Crippen molar-refractivity contribution < 1.29 is 69.1 Å². The number of fused-ring (bicyclic) bond motifs is 6. The molecule has 5 aromatic carbocycles. The van der Waals surface area contributed by atoms with E-state index in [0.717, 1.165) is 22.3 Å². The maximum Gasteiger partial charge on any atom is 0.262 e. The molecule has 16 nitrogen and oxygen atoms in total. The molecule has 0 saturated carbocycles. The number of nitrogens with two attached hydrogens (primary N) is 1. The lowest BCUT2D eigenvalue weighted by atomic mass is 9.95. The van der Waals surface area contributed by atoms with E-state index in [2.05, 4.69) is 15.4 Å². The third kappa shape index (κ3) is 13.2. The fourth-order valence-corrected chi connectivity index (χ4v) is 9.48. The maximum absolute atomic E-state index is 13.1. The van der Waals surface area contributed by atoms with E-state index in [0.29, 0.717) is 78.1 Å². The minimum absolute atomic E-state index is 0.101. The number of nitrogen functional groups attached to an aromatic ring is 1. The molecule has 0 radical (unpaired) electrons. The summed E-state index contributed by atoms with van der Waals surface area (Å²) in [6, 6.07) is 20.5. The first-order valence-electron chi connectivity index (χ1n) is 21.2. The number of amides is 2. The van der Waals surface area contributed by atoms with Gasteiger partial charge in [-0.1, -0.05) is 30.3 Å². The maximum atomic E-state index is 13.1. The SMILES string of the molecule is CF.COc1c(N)cc2c(c1OC)-c1ccc(OC)c(=O)cc1[C@@H](NC(C)=O)CC2.COc1c(NS(=O)(=O)c2ccccc2)cc2c(c1OC)-c1ccc(OC)c(=O)cc1[C@@H](NC(C)=O)CC2.FF.FF. The zero-order chi connectivity index (χ0) is 53.2. The van der Waals surface area contributed by atoms with Crippen molar-refractivity contribution in [3.63, 3.8) is 0 Å². The van der Waals surface area contributed by atoms with Gasteiger partial charge in [0.1, 0.15) is 0 Å². The summed E-state index contributed by atoms with van der Waals surface area (Å²) in [4.78, 5) is 49.3. The number of carbonyl (C=O) groups excluding carboxylic acids is 2. The van der Waals surface area contributed by atoms with E-state index in [1.807, 2.05) is 12.1 Å². The van der Waals surface area contributed by atoms with Crippen LogP contribution in [0.3, 0.4) is 0 Å². The molecular formula is C49H55F5N4O12S. The zero-order valence-electron chi connectivity index (χ0n) is 40.3. The number of rotatable bonds is 11. The molecule has 0 fully saturated rings. The molecule has 2 amide bonds. The Kier molecular flexibility index (Phi) is 21.9. The number of alkyl halides is 1. The Hall–Kier alpha value is -7.62. The van der Waals surface area contributed by atoms with Crippen molar-refractivity contribution >= 4 is 33.2 Å². The first kappa shape index (κ1) is 57.7. The van der Waals surface area contributed by atoms with Gasteiger partial charge in [0, 0.05) is 43.3 Å². The summed E-state index contributed by atoms with van der Waals surface area (Å²) >= 11 is 0. The van der Waals surface area contributed by atoms with Crippen LogP contribution >= 0.6 is 0 Å². The van der Waals surface area contributed by atoms with Crippen molar-refractivity contribution in [2.75, 3.05) is 60.3 Å². The fraction of sp³-hybridized carbons (Fsp3) is 0.306. The van der Waals surface area contributed by atoms with Gasteiger partial charge in [-0.15, -0.1) is 0 Å². The first-order chi connectivity index (χ1) is 34.1. The number of sulfonamides is 1. The number of hydrogen-bond donors (Lipinski definition) is 4. The average molecular weight is 1020 g/mol. The lowest BCUT2D eigenvalue weighted by Crippen LogP contribution is -2.26. The summed E-state index contributed by atoms with van der Waals surface area (Å²) < 4.78 is 103. The minimum atomic E-state index is -3.92. The smallest absolute Gasteiger partial charge is 0.262 e. The van der Waals surface area contributed by atoms with E-state index in [1.54, 1.807) is 49.6 Å². The van der Waals surface area contributed by atoms with E-state index >= 15 is 0 Å². The van der Waals surface area contributed by atoms with Crippen molar-refractivity contribution in [2.45, 2.75) is 56.5 Å². The Morgan fingerprint density at radius 3 is 1.38 bits per heavy atom. The van der Waals surface area contributed by atoms with Crippen molar-refractivity contribution in [1.29, 1.82) is 0 Å². The monoisotopic (exact) mass is 1020 g/mol. The number of nitrogens with one attached hydrogen (secondary N) is 3. The molecule has 384 valence electrons. The Bertz CT molecular complexity index is 2900. The predicted molar refractivity (Wildman–Crippen MR) is 258 cm³/mol. The molecule has 0 bridgehead atoms. The van der Waals surface area contributed by atoms with Crippen LogP contribution in [-0.2, 0) is 32.5 Å². The number of carbonyl (C=O) groups is 2. The van der Waals surface area contributed by atoms with E-state index in [4.69, 9.17) is 52.5 Å². The average Bonchev–Trinajstić information content (AvgIpc) is 3.76. The highest BCUT2D eigenvalue weighted by Crippen LogP contribution is 2.51. The van der Waals surface area contributed by atoms with Gasteiger partial charge in [-0.25, -0.2) is 8.42 Å². The van der Waals surface area contributed by atoms with Gasteiger partial charge in [0.25, 0.3) is 10.0 Å². The number of benzene rings is 3. The van der Waals surface area contributed by atoms with Crippen molar-refractivity contribution in [1.82, 2.24) is 10.6 Å². The van der Waals surface area contributed by atoms with Gasteiger partial charge in [0.05, 0.1) is 78.2 Å². The number of hydrogen-bond acceptors (Lipinski definition) is 13. The highest BCUT2D eigenvalue weighted by molar-refractivity contribution is 7.92. The lowest BCUT2D eigenvalue weighted by molar-refractivity contribution is -0.120. The molecule has 0 saturated heterocycles. The second-order valence-corrected chi connectivity index (χ2v) is 16.8. The number of methoxy groups -OCH3 is 6. The Labute approximate surface area is 407 Å². The van der Waals surface area contributed by atoms with Gasteiger partial charge in [-0.2, -0.15) is 0 Å². The molecule has 2 atom stereocenters. The lowest BCUT2D eigenvalue weighted by Gasteiger charge is -2.21. The Morgan fingerprint density at radius 2 is 0.986 bits per heavy atom. The third-order valence-corrected chi connectivity index (χ3v) is 12.5. The molecule has 2 aliphatic carbocycles. The molecule has 0 spiro atoms. The van der Waals surface area contributed by atoms with E-state index in [-0.39, 0.29) is 56.5 Å². The zero-order valence-corrected chi connectivity index (χ0v) is 41.1.